The molecule has 0 spiro atoms. The lowest BCUT2D eigenvalue weighted by molar-refractivity contribution is -0.131. The number of methoxy groups -OCH3 is 1. The normalized spacial score (nSPS) is 15.0. The van der Waals surface area contributed by atoms with Crippen LogP contribution in [0.4, 0.5) is 0 Å². The van der Waals surface area contributed by atoms with Gasteiger partial charge in [-0.1, -0.05) is 0 Å². The van der Waals surface area contributed by atoms with Gasteiger partial charge in [-0.25, -0.2) is 0 Å². The molecule has 1 heterocycles. The van der Waals surface area contributed by atoms with Gasteiger partial charge >= 0.3 is 0 Å². The number of rotatable bonds is 9. The summed E-state index contributed by atoms with van der Waals surface area (Å²) >= 11 is 0. The Hall–Kier alpha value is -2.41. The van der Waals surface area contributed by atoms with E-state index in [0.717, 1.165) is 13.0 Å². The molecule has 1 N–H and O–H groups in total. The Morgan fingerprint density at radius 3 is 2.46 bits per heavy atom. The van der Waals surface area contributed by atoms with Gasteiger partial charge in [-0.15, -0.1) is 0 Å². The third kappa shape index (κ3) is 6.96. The summed E-state index contributed by atoms with van der Waals surface area (Å²) in [6.45, 7) is 5.77. The maximum atomic E-state index is 12.5. The molecule has 1 aromatic rings. The Bertz CT molecular complexity index is 660. The number of nitrogens with one attached hydrogen (secondary N) is 1. The van der Waals surface area contributed by atoms with Crippen molar-refractivity contribution >= 4 is 17.6 Å². The van der Waals surface area contributed by atoms with Gasteiger partial charge in [0.1, 0.15) is 5.75 Å². The SMILES string of the molecule is CCNC(=O)CN1CCCN(C(=O)CCCC(=O)c2ccc(OC)cc2)CC1. The molecule has 1 aromatic carbocycles. The minimum Gasteiger partial charge on any atom is -0.497 e. The fourth-order valence-electron chi connectivity index (χ4n) is 3.31. The second kappa shape index (κ2) is 11.4. The fraction of sp³-hybridized carbons (Fsp3) is 0.571. The van der Waals surface area contributed by atoms with E-state index in [2.05, 4.69) is 10.2 Å². The average molecular weight is 389 g/mol. The molecule has 2 amide bonds. The topological polar surface area (TPSA) is 79.0 Å². The quantitative estimate of drug-likeness (QED) is 0.651. The molecule has 0 unspecified atom stereocenters. The molecule has 1 aliphatic heterocycles. The number of ether oxygens (including phenoxy) is 1. The zero-order valence-corrected chi connectivity index (χ0v) is 16.9. The van der Waals surface area contributed by atoms with Gasteiger partial charge in [0, 0.05) is 51.1 Å². The second-order valence-corrected chi connectivity index (χ2v) is 6.97. The van der Waals surface area contributed by atoms with E-state index in [4.69, 9.17) is 4.74 Å². The number of hydrogen-bond donors (Lipinski definition) is 1. The first-order chi connectivity index (χ1) is 13.5. The molecule has 0 aliphatic carbocycles. The van der Waals surface area contributed by atoms with E-state index in [9.17, 15) is 14.4 Å². The van der Waals surface area contributed by atoms with Gasteiger partial charge in [-0.3, -0.25) is 19.3 Å². The monoisotopic (exact) mass is 389 g/mol. The van der Waals surface area contributed by atoms with E-state index in [0.29, 0.717) is 63.3 Å². The lowest BCUT2D eigenvalue weighted by Crippen LogP contribution is -2.40. The van der Waals surface area contributed by atoms with Crippen LogP contribution in [0.2, 0.25) is 0 Å². The zero-order chi connectivity index (χ0) is 20.4. The van der Waals surface area contributed by atoms with Gasteiger partial charge in [0.2, 0.25) is 11.8 Å². The number of ketones is 1. The van der Waals surface area contributed by atoms with Gasteiger partial charge in [0.05, 0.1) is 13.7 Å². The predicted octanol–water partition coefficient (Wildman–Crippen LogP) is 1.72. The summed E-state index contributed by atoms with van der Waals surface area (Å²) in [5.74, 6) is 0.871. The van der Waals surface area contributed by atoms with E-state index >= 15 is 0 Å². The van der Waals surface area contributed by atoms with Crippen molar-refractivity contribution in [2.24, 2.45) is 0 Å². The third-order valence-corrected chi connectivity index (χ3v) is 4.89. The first kappa shape index (κ1) is 21.9. The van der Waals surface area contributed by atoms with Crippen LogP contribution in [-0.2, 0) is 9.59 Å². The summed E-state index contributed by atoms with van der Waals surface area (Å²) in [5.41, 5.74) is 0.643. The van der Waals surface area contributed by atoms with Crippen molar-refractivity contribution in [3.05, 3.63) is 29.8 Å². The lowest BCUT2D eigenvalue weighted by Gasteiger charge is -2.21. The summed E-state index contributed by atoms with van der Waals surface area (Å²) in [5, 5.41) is 2.81. The van der Waals surface area contributed by atoms with E-state index in [1.54, 1.807) is 31.4 Å². The lowest BCUT2D eigenvalue weighted by atomic mass is 10.1. The number of nitrogens with zero attached hydrogens (tertiary/aromatic N) is 2. The molecule has 1 aliphatic rings. The number of likely N-dealkylation sites (N-methyl/N-ethyl adjacent to an activating group) is 1. The highest BCUT2D eigenvalue weighted by molar-refractivity contribution is 5.96. The van der Waals surface area contributed by atoms with Crippen molar-refractivity contribution < 1.29 is 19.1 Å². The van der Waals surface area contributed by atoms with Crippen molar-refractivity contribution in [2.75, 3.05) is 46.4 Å². The molecular weight excluding hydrogens is 358 g/mol. The van der Waals surface area contributed by atoms with Crippen LogP contribution in [0.3, 0.4) is 0 Å². The van der Waals surface area contributed by atoms with Crippen molar-refractivity contribution in [3.63, 3.8) is 0 Å². The zero-order valence-electron chi connectivity index (χ0n) is 16.9. The minimum atomic E-state index is 0.0271. The maximum absolute atomic E-state index is 12.5. The van der Waals surface area contributed by atoms with Crippen LogP contribution in [0.1, 0.15) is 43.0 Å². The summed E-state index contributed by atoms with van der Waals surface area (Å²) < 4.78 is 5.09. The van der Waals surface area contributed by atoms with E-state index in [-0.39, 0.29) is 17.6 Å². The van der Waals surface area contributed by atoms with Gasteiger partial charge in [0.15, 0.2) is 5.78 Å². The number of Topliss-reactive ketones (excluding diaryl/α,β-unsaturated/α-hetero) is 1. The Morgan fingerprint density at radius 2 is 1.79 bits per heavy atom. The molecule has 0 radical (unpaired) electrons. The molecular formula is C21H31N3O4. The molecule has 1 saturated heterocycles. The van der Waals surface area contributed by atoms with Crippen LogP contribution in [0.15, 0.2) is 24.3 Å². The number of hydrogen-bond acceptors (Lipinski definition) is 5. The molecule has 0 aromatic heterocycles. The van der Waals surface area contributed by atoms with Crippen LogP contribution in [0.25, 0.3) is 0 Å². The number of benzene rings is 1. The second-order valence-electron chi connectivity index (χ2n) is 6.97. The van der Waals surface area contributed by atoms with Crippen LogP contribution in [0, 0.1) is 0 Å². The maximum Gasteiger partial charge on any atom is 0.234 e. The molecule has 154 valence electrons. The molecule has 7 heteroatoms. The summed E-state index contributed by atoms with van der Waals surface area (Å²) in [4.78, 5) is 40.4. The van der Waals surface area contributed by atoms with Gasteiger partial charge < -0.3 is 15.0 Å². The van der Waals surface area contributed by atoms with Crippen molar-refractivity contribution in [1.82, 2.24) is 15.1 Å². The highest BCUT2D eigenvalue weighted by atomic mass is 16.5. The summed E-state index contributed by atoms with van der Waals surface area (Å²) in [6, 6.07) is 7.03. The molecule has 0 atom stereocenters. The standard InChI is InChI=1S/C21H31N3O4/c1-3-22-20(26)16-23-12-5-13-24(15-14-23)21(27)7-4-6-19(25)17-8-10-18(28-2)11-9-17/h8-11H,3-7,12-16H2,1-2H3,(H,22,26). The molecule has 1 fully saturated rings. The molecule has 0 bridgehead atoms. The van der Waals surface area contributed by atoms with Gasteiger partial charge in [-0.2, -0.15) is 0 Å². The largest absolute Gasteiger partial charge is 0.497 e. The van der Waals surface area contributed by atoms with Crippen molar-refractivity contribution in [1.29, 1.82) is 0 Å². The number of carbonyl (C=O) groups is 3. The van der Waals surface area contributed by atoms with Gasteiger partial charge in [0.25, 0.3) is 0 Å². The smallest absolute Gasteiger partial charge is 0.234 e. The minimum absolute atomic E-state index is 0.0271. The van der Waals surface area contributed by atoms with Crippen LogP contribution < -0.4 is 10.1 Å². The van der Waals surface area contributed by atoms with Crippen LogP contribution >= 0.6 is 0 Å². The Labute approximate surface area is 167 Å². The Morgan fingerprint density at radius 1 is 1.04 bits per heavy atom. The number of amides is 2. The van der Waals surface area contributed by atoms with Crippen molar-refractivity contribution in [3.8, 4) is 5.75 Å². The molecule has 7 nitrogen and oxygen atoms in total. The number of carbonyl (C=O) groups excluding carboxylic acids is 3. The van der Waals surface area contributed by atoms with Crippen LogP contribution in [-0.4, -0.2) is 73.8 Å². The van der Waals surface area contributed by atoms with Gasteiger partial charge in [-0.05, 0) is 44.0 Å². The molecule has 28 heavy (non-hydrogen) atoms. The Balaban J connectivity index is 1.72. The highest BCUT2D eigenvalue weighted by Crippen LogP contribution is 2.14. The summed E-state index contributed by atoms with van der Waals surface area (Å²) in [7, 11) is 1.59. The molecule has 0 saturated carbocycles. The van der Waals surface area contributed by atoms with E-state index < -0.39 is 0 Å². The molecule has 2 rings (SSSR count). The first-order valence-electron chi connectivity index (χ1n) is 9.97. The van der Waals surface area contributed by atoms with Crippen LogP contribution in [0.5, 0.6) is 5.75 Å². The average Bonchev–Trinajstić information content (AvgIpc) is 2.93. The predicted molar refractivity (Wildman–Crippen MR) is 107 cm³/mol. The van der Waals surface area contributed by atoms with E-state index in [1.165, 1.54) is 0 Å². The fourth-order valence-corrected chi connectivity index (χ4v) is 3.31. The third-order valence-electron chi connectivity index (χ3n) is 4.89. The van der Waals surface area contributed by atoms with E-state index in [1.807, 2.05) is 11.8 Å². The highest BCUT2D eigenvalue weighted by Gasteiger charge is 2.20. The first-order valence-corrected chi connectivity index (χ1v) is 9.97. The van der Waals surface area contributed by atoms with Crippen molar-refractivity contribution in [2.45, 2.75) is 32.6 Å². The summed E-state index contributed by atoms with van der Waals surface area (Å²) in [6.07, 6.45) is 2.13. The Kier molecular flexibility index (Phi) is 8.94.